The van der Waals surface area contributed by atoms with Crippen LogP contribution in [0, 0.1) is 0 Å². The smallest absolute Gasteiger partial charge is 0.143 e. The van der Waals surface area contributed by atoms with Crippen molar-refractivity contribution in [1.82, 2.24) is 0 Å². The van der Waals surface area contributed by atoms with Crippen LogP contribution in [0.4, 0.5) is 0 Å². The van der Waals surface area contributed by atoms with Gasteiger partial charge >= 0.3 is 0 Å². The van der Waals surface area contributed by atoms with Crippen LogP contribution in [0.15, 0.2) is 202 Å². The van der Waals surface area contributed by atoms with Crippen molar-refractivity contribution in [1.29, 1.82) is 0 Å². The Morgan fingerprint density at radius 3 is 1.71 bits per heavy atom. The molecule has 0 bridgehead atoms. The van der Waals surface area contributed by atoms with Crippen LogP contribution in [0.25, 0.3) is 88.2 Å². The Labute approximate surface area is 317 Å². The summed E-state index contributed by atoms with van der Waals surface area (Å²) in [6, 6.07) is 61.8. The maximum Gasteiger partial charge on any atom is 0.143 e. The number of rotatable bonds is 5. The normalized spacial score (nSPS) is 13.3. The lowest BCUT2D eigenvalue weighted by atomic mass is 9.95. The molecule has 0 fully saturated rings. The second-order valence-electron chi connectivity index (χ2n) is 14.2. The SMILES string of the molecule is C1=C(c2ccccc2)CC=C(c2ccc(-c3ccccc3)cc2)N=C1c1cccc2oc3c(-c4cccc5c4oc4ccc6ccccc6c45)cccc3c12. The van der Waals surface area contributed by atoms with E-state index in [9.17, 15) is 0 Å². The van der Waals surface area contributed by atoms with Crippen molar-refractivity contribution >= 4 is 71.6 Å². The number of fused-ring (bicyclic) bond motifs is 8. The van der Waals surface area contributed by atoms with Gasteiger partial charge in [0, 0.05) is 38.2 Å². The number of para-hydroxylation sites is 2. The number of benzene rings is 8. The average Bonchev–Trinajstić information content (AvgIpc) is 3.76. The fourth-order valence-electron chi connectivity index (χ4n) is 8.33. The highest BCUT2D eigenvalue weighted by Gasteiger charge is 2.22. The van der Waals surface area contributed by atoms with Crippen LogP contribution < -0.4 is 0 Å². The van der Waals surface area contributed by atoms with Gasteiger partial charge in [-0.15, -0.1) is 0 Å². The molecular formula is C52H33NO2. The fraction of sp³-hybridized carbons (Fsp3) is 0.0192. The molecule has 0 saturated carbocycles. The van der Waals surface area contributed by atoms with Gasteiger partial charge in [0.1, 0.15) is 22.3 Å². The van der Waals surface area contributed by atoms with Gasteiger partial charge in [-0.3, -0.25) is 0 Å². The number of allylic oxidation sites excluding steroid dienone is 3. The third kappa shape index (κ3) is 5.24. The van der Waals surface area contributed by atoms with Crippen LogP contribution >= 0.6 is 0 Å². The van der Waals surface area contributed by atoms with E-state index < -0.39 is 0 Å². The van der Waals surface area contributed by atoms with Gasteiger partial charge in [0.15, 0.2) is 0 Å². The highest BCUT2D eigenvalue weighted by Crippen LogP contribution is 2.43. The molecule has 11 rings (SSSR count). The van der Waals surface area contributed by atoms with Crippen molar-refractivity contribution in [3.05, 3.63) is 205 Å². The molecule has 0 radical (unpaired) electrons. The Bertz CT molecular complexity index is 3200. The van der Waals surface area contributed by atoms with E-state index in [1.165, 1.54) is 33.0 Å². The lowest BCUT2D eigenvalue weighted by molar-refractivity contribution is 0.665. The second-order valence-corrected chi connectivity index (χ2v) is 14.2. The molecule has 0 atom stereocenters. The topological polar surface area (TPSA) is 38.6 Å². The lowest BCUT2D eigenvalue weighted by Crippen LogP contribution is -1.99. The van der Waals surface area contributed by atoms with E-state index in [2.05, 4.69) is 188 Å². The monoisotopic (exact) mass is 703 g/mol. The zero-order valence-corrected chi connectivity index (χ0v) is 29.9. The summed E-state index contributed by atoms with van der Waals surface area (Å²) in [5.41, 5.74) is 14.1. The molecule has 3 nitrogen and oxygen atoms in total. The summed E-state index contributed by atoms with van der Waals surface area (Å²) in [5, 5.41) is 6.71. The van der Waals surface area contributed by atoms with Crippen LogP contribution in [0.5, 0.6) is 0 Å². The van der Waals surface area contributed by atoms with Gasteiger partial charge in [0.25, 0.3) is 0 Å². The minimum absolute atomic E-state index is 0.760. The Hall–Kier alpha value is -7.23. The minimum Gasteiger partial charge on any atom is -0.455 e. The zero-order chi connectivity index (χ0) is 36.3. The van der Waals surface area contributed by atoms with Crippen molar-refractivity contribution in [3.63, 3.8) is 0 Å². The first-order chi connectivity index (χ1) is 27.3. The molecule has 10 aromatic rings. The standard InChI is InChI=1S/C52H33NO2/c1-3-12-33(13-4-1)35-24-26-37(27-25-35)45-30-28-38(34-14-5-2-6-15-34)32-46(53-45)42-20-11-23-47-50(42)44-22-10-19-41(52(44)54-47)40-18-9-21-43-49-39-17-8-7-16-36(39)29-31-48(49)55-51(40)43/h1-27,29-32H,28H2. The van der Waals surface area contributed by atoms with Gasteiger partial charge in [-0.1, -0.05) is 170 Å². The van der Waals surface area contributed by atoms with E-state index >= 15 is 0 Å². The number of hydrogen-bond acceptors (Lipinski definition) is 3. The molecule has 3 heteroatoms. The quantitative estimate of drug-likeness (QED) is 0.179. The molecule has 3 heterocycles. The van der Waals surface area contributed by atoms with E-state index in [0.29, 0.717) is 0 Å². The molecule has 2 aromatic heterocycles. The number of nitrogens with zero attached hydrogens (tertiary/aromatic N) is 1. The summed E-state index contributed by atoms with van der Waals surface area (Å²) in [5.74, 6) is 0. The van der Waals surface area contributed by atoms with Crippen LogP contribution in [-0.2, 0) is 0 Å². The number of aliphatic imine (C=N–C) groups is 1. The maximum atomic E-state index is 6.84. The average molecular weight is 704 g/mol. The molecule has 1 aliphatic heterocycles. The van der Waals surface area contributed by atoms with E-state index in [4.69, 9.17) is 13.8 Å². The van der Waals surface area contributed by atoms with E-state index in [-0.39, 0.29) is 0 Å². The molecule has 0 aliphatic carbocycles. The third-order valence-electron chi connectivity index (χ3n) is 11.0. The minimum atomic E-state index is 0.760. The highest BCUT2D eigenvalue weighted by atomic mass is 16.3. The maximum absolute atomic E-state index is 6.84. The first kappa shape index (κ1) is 31.3. The summed E-state index contributed by atoms with van der Waals surface area (Å²) in [6.45, 7) is 0. The third-order valence-corrected chi connectivity index (χ3v) is 11.0. The van der Waals surface area contributed by atoms with Gasteiger partial charge < -0.3 is 8.83 Å². The van der Waals surface area contributed by atoms with Crippen LogP contribution in [0.1, 0.15) is 23.1 Å². The Morgan fingerprint density at radius 2 is 0.964 bits per heavy atom. The predicted octanol–water partition coefficient (Wildman–Crippen LogP) is 14.3. The molecule has 1 aliphatic rings. The zero-order valence-electron chi connectivity index (χ0n) is 29.9. The Kier molecular flexibility index (Phi) is 7.24. The van der Waals surface area contributed by atoms with E-state index in [1.807, 2.05) is 0 Å². The van der Waals surface area contributed by atoms with E-state index in [1.54, 1.807) is 0 Å². The summed E-state index contributed by atoms with van der Waals surface area (Å²) >= 11 is 0. The summed E-state index contributed by atoms with van der Waals surface area (Å²) in [6.07, 6.45) is 5.27. The van der Waals surface area contributed by atoms with Crippen molar-refractivity contribution in [3.8, 4) is 22.3 Å². The molecule has 55 heavy (non-hydrogen) atoms. The second kappa shape index (κ2) is 12.7. The molecule has 0 unspecified atom stereocenters. The van der Waals surface area contributed by atoms with Gasteiger partial charge in [-0.25, -0.2) is 4.99 Å². The van der Waals surface area contributed by atoms with Gasteiger partial charge in [-0.05, 0) is 63.2 Å². The lowest BCUT2D eigenvalue weighted by Gasteiger charge is -2.08. The van der Waals surface area contributed by atoms with Gasteiger partial charge in [0.2, 0.25) is 0 Å². The van der Waals surface area contributed by atoms with E-state index in [0.717, 1.165) is 84.0 Å². The van der Waals surface area contributed by atoms with Crippen molar-refractivity contribution in [2.75, 3.05) is 0 Å². The first-order valence-corrected chi connectivity index (χ1v) is 18.8. The highest BCUT2D eigenvalue weighted by molar-refractivity contribution is 6.26. The summed E-state index contributed by atoms with van der Waals surface area (Å²) < 4.78 is 13.5. The molecule has 0 amide bonds. The summed E-state index contributed by atoms with van der Waals surface area (Å²) in [7, 11) is 0. The first-order valence-electron chi connectivity index (χ1n) is 18.8. The largest absolute Gasteiger partial charge is 0.455 e. The fourth-order valence-corrected chi connectivity index (χ4v) is 8.33. The summed E-state index contributed by atoms with van der Waals surface area (Å²) in [4.78, 5) is 5.45. The van der Waals surface area contributed by atoms with Gasteiger partial charge in [0.05, 0.1) is 11.4 Å². The van der Waals surface area contributed by atoms with Crippen LogP contribution in [0.3, 0.4) is 0 Å². The molecule has 0 spiro atoms. The molecule has 258 valence electrons. The van der Waals surface area contributed by atoms with Gasteiger partial charge in [-0.2, -0.15) is 0 Å². The van der Waals surface area contributed by atoms with Crippen LogP contribution in [0.2, 0.25) is 0 Å². The van der Waals surface area contributed by atoms with Crippen molar-refractivity contribution < 1.29 is 8.83 Å². The number of furan rings is 2. The number of hydrogen-bond donors (Lipinski definition) is 0. The molecule has 0 N–H and O–H groups in total. The Balaban J connectivity index is 1.09. The Morgan fingerprint density at radius 1 is 0.400 bits per heavy atom. The molecule has 8 aromatic carbocycles. The molecular weight excluding hydrogens is 671 g/mol. The van der Waals surface area contributed by atoms with Crippen LogP contribution in [-0.4, -0.2) is 5.71 Å². The molecule has 0 saturated heterocycles. The van der Waals surface area contributed by atoms with Crippen molar-refractivity contribution in [2.45, 2.75) is 6.42 Å². The predicted molar refractivity (Wildman–Crippen MR) is 229 cm³/mol. The van der Waals surface area contributed by atoms with Crippen molar-refractivity contribution in [2.24, 2.45) is 4.99 Å².